The average molecular weight is 293 g/mol. The predicted octanol–water partition coefficient (Wildman–Crippen LogP) is 2.65. The van der Waals surface area contributed by atoms with Gasteiger partial charge in [0.15, 0.2) is 0 Å². The normalized spacial score (nSPS) is 32.6. The van der Waals surface area contributed by atoms with Crippen molar-refractivity contribution in [2.75, 3.05) is 5.75 Å². The van der Waals surface area contributed by atoms with Crippen LogP contribution in [0.15, 0.2) is 0 Å². The molecule has 1 heterocycles. The van der Waals surface area contributed by atoms with Crippen LogP contribution in [-0.4, -0.2) is 13.8 Å². The molecule has 0 N–H and O–H groups in total. The number of hydrogen-bond acceptors (Lipinski definition) is 1. The topological polar surface area (TPSA) is 0 Å². The lowest BCUT2D eigenvalue weighted by molar-refractivity contribution is 0.986. The van der Waals surface area contributed by atoms with Gasteiger partial charge in [0.05, 0.1) is 2.83 Å². The first-order chi connectivity index (χ1) is 3.29. The molecule has 3 heteroatoms. The molecule has 0 spiro atoms. The Hall–Kier alpha value is 1.56. The highest BCUT2D eigenvalue weighted by molar-refractivity contribution is 14.1. The molecule has 1 fully saturated rings. The summed E-state index contributed by atoms with van der Waals surface area (Å²) >= 11 is 7.95. The SMILES string of the molecule is BrC(I)CC1CS1. The van der Waals surface area contributed by atoms with Gasteiger partial charge in [-0.2, -0.15) is 11.8 Å². The van der Waals surface area contributed by atoms with E-state index in [1.807, 2.05) is 0 Å². The molecule has 42 valence electrons. The molecular weight excluding hydrogens is 287 g/mol. The van der Waals surface area contributed by atoms with Crippen molar-refractivity contribution in [3.8, 4) is 0 Å². The number of thioether (sulfide) groups is 1. The van der Waals surface area contributed by atoms with Crippen LogP contribution in [0.25, 0.3) is 0 Å². The molecule has 2 unspecified atom stereocenters. The Morgan fingerprint density at radius 1 is 2.00 bits per heavy atom. The van der Waals surface area contributed by atoms with E-state index >= 15 is 0 Å². The zero-order valence-corrected chi connectivity index (χ0v) is 8.29. The molecule has 0 bridgehead atoms. The van der Waals surface area contributed by atoms with Crippen molar-refractivity contribution in [2.45, 2.75) is 14.5 Å². The summed E-state index contributed by atoms with van der Waals surface area (Å²) in [6, 6.07) is 0. The first-order valence-electron chi connectivity index (χ1n) is 2.19. The third-order valence-electron chi connectivity index (χ3n) is 0.843. The summed E-state index contributed by atoms with van der Waals surface area (Å²) in [5.74, 6) is 1.39. The quantitative estimate of drug-likeness (QED) is 0.428. The van der Waals surface area contributed by atoms with Gasteiger partial charge in [-0.1, -0.05) is 38.5 Å². The van der Waals surface area contributed by atoms with Crippen molar-refractivity contribution in [2.24, 2.45) is 0 Å². The molecule has 1 aliphatic rings. The lowest BCUT2D eigenvalue weighted by Gasteiger charge is -1.92. The molecule has 0 radical (unpaired) electrons. The Morgan fingerprint density at radius 3 is 2.71 bits per heavy atom. The second-order valence-electron chi connectivity index (χ2n) is 1.58. The van der Waals surface area contributed by atoms with Crippen molar-refractivity contribution in [3.63, 3.8) is 0 Å². The molecule has 7 heavy (non-hydrogen) atoms. The number of hydrogen-bond donors (Lipinski definition) is 0. The summed E-state index contributed by atoms with van der Waals surface area (Å²) < 4.78 is 0.699. The highest BCUT2D eigenvalue weighted by Gasteiger charge is 2.23. The summed E-state index contributed by atoms with van der Waals surface area (Å²) in [7, 11) is 0. The first kappa shape index (κ1) is 6.68. The number of alkyl halides is 2. The standard InChI is InChI=1S/C4H6BrIS/c5-4(6)1-3-2-7-3/h3-4H,1-2H2. The molecule has 1 saturated heterocycles. The molecule has 0 aromatic heterocycles. The molecular formula is C4H6BrIS. The van der Waals surface area contributed by atoms with Gasteiger partial charge in [0.25, 0.3) is 0 Å². The second-order valence-corrected chi connectivity index (χ2v) is 7.24. The summed E-state index contributed by atoms with van der Waals surface area (Å²) in [5.41, 5.74) is 0. The first-order valence-corrected chi connectivity index (χ1v) is 5.40. The Balaban J connectivity index is 1.97. The van der Waals surface area contributed by atoms with E-state index in [1.165, 1.54) is 12.2 Å². The molecule has 0 aliphatic carbocycles. The van der Waals surface area contributed by atoms with Gasteiger partial charge in [0, 0.05) is 11.0 Å². The summed E-state index contributed by atoms with van der Waals surface area (Å²) in [5, 5.41) is 0.987. The fourth-order valence-corrected chi connectivity index (χ4v) is 2.66. The smallest absolute Gasteiger partial charge is 0.0673 e. The summed E-state index contributed by atoms with van der Waals surface area (Å²) in [6.45, 7) is 0. The average Bonchev–Trinajstić information content (AvgIpc) is 2.17. The van der Waals surface area contributed by atoms with Gasteiger partial charge >= 0.3 is 0 Å². The maximum absolute atomic E-state index is 3.49. The summed E-state index contributed by atoms with van der Waals surface area (Å²) in [4.78, 5) is 0. The molecule has 1 aliphatic heterocycles. The Morgan fingerprint density at radius 2 is 2.57 bits per heavy atom. The monoisotopic (exact) mass is 292 g/mol. The molecule has 0 nitrogen and oxygen atoms in total. The van der Waals surface area contributed by atoms with E-state index in [2.05, 4.69) is 50.3 Å². The number of halogens is 2. The third-order valence-corrected chi connectivity index (χ3v) is 2.72. The fourth-order valence-electron chi connectivity index (χ4n) is 0.403. The van der Waals surface area contributed by atoms with Crippen molar-refractivity contribution in [1.82, 2.24) is 0 Å². The minimum Gasteiger partial charge on any atom is -0.156 e. The third kappa shape index (κ3) is 3.19. The van der Waals surface area contributed by atoms with Crippen LogP contribution in [-0.2, 0) is 0 Å². The van der Waals surface area contributed by atoms with Crippen molar-refractivity contribution >= 4 is 50.3 Å². The largest absolute Gasteiger partial charge is 0.156 e. The Labute approximate surface area is 70.1 Å². The highest BCUT2D eigenvalue weighted by Crippen LogP contribution is 2.36. The van der Waals surface area contributed by atoms with Crippen LogP contribution >= 0.6 is 50.3 Å². The van der Waals surface area contributed by atoms with Gasteiger partial charge in [-0.3, -0.25) is 0 Å². The van der Waals surface area contributed by atoms with E-state index in [-0.39, 0.29) is 0 Å². The maximum Gasteiger partial charge on any atom is 0.0673 e. The minimum absolute atomic E-state index is 0.699. The molecule has 1 rings (SSSR count). The Bertz CT molecular complexity index is 62.7. The van der Waals surface area contributed by atoms with Crippen molar-refractivity contribution in [1.29, 1.82) is 0 Å². The van der Waals surface area contributed by atoms with E-state index in [0.717, 1.165) is 5.25 Å². The zero-order valence-electron chi connectivity index (χ0n) is 3.73. The van der Waals surface area contributed by atoms with Gasteiger partial charge in [0.1, 0.15) is 0 Å². The van der Waals surface area contributed by atoms with Crippen LogP contribution in [0.5, 0.6) is 0 Å². The predicted molar refractivity (Wildman–Crippen MR) is 47.6 cm³/mol. The molecule has 0 amide bonds. The van der Waals surface area contributed by atoms with Crippen molar-refractivity contribution < 1.29 is 0 Å². The fraction of sp³-hybridized carbons (Fsp3) is 1.00. The van der Waals surface area contributed by atoms with E-state index in [4.69, 9.17) is 0 Å². The lowest BCUT2D eigenvalue weighted by Crippen LogP contribution is -1.89. The van der Waals surface area contributed by atoms with Crippen LogP contribution < -0.4 is 0 Å². The van der Waals surface area contributed by atoms with Gasteiger partial charge < -0.3 is 0 Å². The van der Waals surface area contributed by atoms with E-state index in [0.29, 0.717) is 2.83 Å². The lowest BCUT2D eigenvalue weighted by atomic mass is 10.4. The summed E-state index contributed by atoms with van der Waals surface area (Å²) in [6.07, 6.45) is 1.34. The van der Waals surface area contributed by atoms with Gasteiger partial charge in [-0.25, -0.2) is 0 Å². The van der Waals surface area contributed by atoms with Crippen LogP contribution in [0.2, 0.25) is 0 Å². The van der Waals surface area contributed by atoms with Gasteiger partial charge in [-0.15, -0.1) is 0 Å². The van der Waals surface area contributed by atoms with Crippen LogP contribution in [0, 0.1) is 0 Å². The van der Waals surface area contributed by atoms with E-state index in [9.17, 15) is 0 Å². The minimum atomic E-state index is 0.699. The van der Waals surface area contributed by atoms with E-state index in [1.54, 1.807) is 0 Å². The van der Waals surface area contributed by atoms with Crippen LogP contribution in [0.3, 0.4) is 0 Å². The Kier molecular flexibility index (Phi) is 2.78. The highest BCUT2D eigenvalue weighted by atomic mass is 127. The van der Waals surface area contributed by atoms with Gasteiger partial charge in [-0.05, 0) is 6.42 Å². The van der Waals surface area contributed by atoms with Crippen LogP contribution in [0.4, 0.5) is 0 Å². The zero-order chi connectivity index (χ0) is 5.28. The van der Waals surface area contributed by atoms with Crippen LogP contribution in [0.1, 0.15) is 6.42 Å². The maximum atomic E-state index is 3.49. The van der Waals surface area contributed by atoms with E-state index < -0.39 is 0 Å². The molecule has 0 saturated carbocycles. The molecule has 2 atom stereocenters. The van der Waals surface area contributed by atoms with Crippen molar-refractivity contribution in [3.05, 3.63) is 0 Å². The molecule has 0 aromatic carbocycles. The molecule has 0 aromatic rings. The number of rotatable bonds is 2. The second kappa shape index (κ2) is 2.92. The van der Waals surface area contributed by atoms with Gasteiger partial charge in [0.2, 0.25) is 0 Å².